The van der Waals surface area contributed by atoms with E-state index in [0.29, 0.717) is 11.3 Å². The lowest BCUT2D eigenvalue weighted by Gasteiger charge is -2.18. The Labute approximate surface area is 128 Å². The summed E-state index contributed by atoms with van der Waals surface area (Å²) in [4.78, 5) is 13.4. The van der Waals surface area contributed by atoms with E-state index in [9.17, 15) is 9.18 Å². The first kappa shape index (κ1) is 16.0. The molecular weight excluding hydrogens is 285 g/mol. The van der Waals surface area contributed by atoms with Crippen LogP contribution >= 0.6 is 0 Å². The number of carbonyl (C=O) groups is 1. The Morgan fingerprint density at radius 2 is 1.86 bits per heavy atom. The highest BCUT2D eigenvalue weighted by Gasteiger charge is 2.12. The summed E-state index contributed by atoms with van der Waals surface area (Å²) in [5.41, 5.74) is 1.24. The number of aliphatic hydroxyl groups excluding tert-OH is 1. The van der Waals surface area contributed by atoms with E-state index in [1.54, 1.807) is 49.5 Å². The van der Waals surface area contributed by atoms with E-state index >= 15 is 0 Å². The smallest absolute Gasteiger partial charge is 0.260 e. The minimum absolute atomic E-state index is 0.0371. The molecule has 2 aromatic rings. The van der Waals surface area contributed by atoms with E-state index < -0.39 is 0 Å². The second-order valence-electron chi connectivity index (χ2n) is 4.93. The molecule has 0 radical (unpaired) electrons. The third-order valence-electron chi connectivity index (χ3n) is 3.26. The van der Waals surface area contributed by atoms with E-state index in [0.717, 1.165) is 5.56 Å². The van der Waals surface area contributed by atoms with Crippen molar-refractivity contribution in [1.82, 2.24) is 4.90 Å². The molecule has 1 amide bonds. The molecule has 5 heteroatoms. The average Bonchev–Trinajstić information content (AvgIpc) is 2.55. The van der Waals surface area contributed by atoms with Gasteiger partial charge in [0.05, 0.1) is 6.61 Å². The Kier molecular flexibility index (Phi) is 5.49. The molecule has 116 valence electrons. The summed E-state index contributed by atoms with van der Waals surface area (Å²) in [6.07, 6.45) is 0. The van der Waals surface area contributed by atoms with Crippen LogP contribution in [0.25, 0.3) is 0 Å². The monoisotopic (exact) mass is 303 g/mol. The van der Waals surface area contributed by atoms with Crippen molar-refractivity contribution in [2.75, 3.05) is 13.7 Å². The zero-order chi connectivity index (χ0) is 15.9. The molecule has 1 N–H and O–H groups in total. The molecule has 22 heavy (non-hydrogen) atoms. The zero-order valence-electron chi connectivity index (χ0n) is 12.3. The molecular formula is C17H18FNO3. The molecule has 0 bridgehead atoms. The van der Waals surface area contributed by atoms with E-state index in [1.807, 2.05) is 0 Å². The van der Waals surface area contributed by atoms with Crippen LogP contribution in [0.3, 0.4) is 0 Å². The SMILES string of the molecule is CN(Cc1ccccc1F)C(=O)COc1ccc(CO)cc1. The van der Waals surface area contributed by atoms with Gasteiger partial charge in [-0.2, -0.15) is 0 Å². The number of carbonyl (C=O) groups excluding carboxylic acids is 1. The van der Waals surface area contributed by atoms with Gasteiger partial charge in [0, 0.05) is 19.2 Å². The number of rotatable bonds is 6. The number of amides is 1. The maximum Gasteiger partial charge on any atom is 0.260 e. The molecule has 0 heterocycles. The van der Waals surface area contributed by atoms with Crippen LogP contribution in [0.2, 0.25) is 0 Å². The molecule has 0 fully saturated rings. The fraction of sp³-hybridized carbons (Fsp3) is 0.235. The van der Waals surface area contributed by atoms with Crippen molar-refractivity contribution in [3.05, 3.63) is 65.5 Å². The molecule has 0 aromatic heterocycles. The summed E-state index contributed by atoms with van der Waals surface area (Å²) < 4.78 is 18.9. The first-order chi connectivity index (χ1) is 10.6. The van der Waals surface area contributed by atoms with Crippen molar-refractivity contribution < 1.29 is 19.0 Å². The number of halogens is 1. The summed E-state index contributed by atoms with van der Waals surface area (Å²) in [6, 6.07) is 13.2. The summed E-state index contributed by atoms with van der Waals surface area (Å²) in [5, 5.41) is 8.95. The van der Waals surface area contributed by atoms with Gasteiger partial charge in [-0.3, -0.25) is 4.79 Å². The number of hydrogen-bond donors (Lipinski definition) is 1. The van der Waals surface area contributed by atoms with Gasteiger partial charge in [0.1, 0.15) is 11.6 Å². The lowest BCUT2D eigenvalue weighted by Crippen LogP contribution is -2.31. The molecule has 0 saturated heterocycles. The molecule has 0 aliphatic heterocycles. The number of likely N-dealkylation sites (N-methyl/N-ethyl adjacent to an activating group) is 1. The number of hydrogen-bond acceptors (Lipinski definition) is 3. The highest BCUT2D eigenvalue weighted by atomic mass is 19.1. The maximum absolute atomic E-state index is 13.5. The summed E-state index contributed by atoms with van der Waals surface area (Å²) in [5.74, 6) is -0.0259. The third kappa shape index (κ3) is 4.30. The lowest BCUT2D eigenvalue weighted by molar-refractivity contribution is -0.132. The van der Waals surface area contributed by atoms with Crippen LogP contribution < -0.4 is 4.74 Å². The van der Waals surface area contributed by atoms with Crippen LogP contribution in [-0.2, 0) is 17.9 Å². The minimum Gasteiger partial charge on any atom is -0.484 e. The molecule has 0 saturated carbocycles. The van der Waals surface area contributed by atoms with Crippen molar-refractivity contribution in [3.8, 4) is 5.75 Å². The summed E-state index contributed by atoms with van der Waals surface area (Å²) >= 11 is 0. The van der Waals surface area contributed by atoms with Gasteiger partial charge in [-0.15, -0.1) is 0 Å². The molecule has 0 aliphatic rings. The van der Waals surface area contributed by atoms with Crippen molar-refractivity contribution in [2.24, 2.45) is 0 Å². The second-order valence-corrected chi connectivity index (χ2v) is 4.93. The molecule has 0 spiro atoms. The first-order valence-electron chi connectivity index (χ1n) is 6.90. The third-order valence-corrected chi connectivity index (χ3v) is 3.26. The van der Waals surface area contributed by atoms with Crippen LogP contribution in [0.4, 0.5) is 4.39 Å². The van der Waals surface area contributed by atoms with Crippen molar-refractivity contribution in [3.63, 3.8) is 0 Å². The minimum atomic E-state index is -0.331. The quantitative estimate of drug-likeness (QED) is 0.891. The molecule has 0 aliphatic carbocycles. The Morgan fingerprint density at radius 1 is 1.18 bits per heavy atom. The van der Waals surface area contributed by atoms with Crippen LogP contribution in [-0.4, -0.2) is 29.6 Å². The summed E-state index contributed by atoms with van der Waals surface area (Å²) in [7, 11) is 1.60. The summed E-state index contributed by atoms with van der Waals surface area (Å²) in [6.45, 7) is 0.0341. The number of aliphatic hydroxyl groups is 1. The van der Waals surface area contributed by atoms with Crippen LogP contribution in [0.15, 0.2) is 48.5 Å². The normalized spacial score (nSPS) is 10.3. The van der Waals surface area contributed by atoms with Gasteiger partial charge in [0.15, 0.2) is 6.61 Å². The largest absolute Gasteiger partial charge is 0.484 e. The number of benzene rings is 2. The molecule has 2 rings (SSSR count). The van der Waals surface area contributed by atoms with E-state index in [1.165, 1.54) is 11.0 Å². The van der Waals surface area contributed by atoms with Gasteiger partial charge >= 0.3 is 0 Å². The van der Waals surface area contributed by atoms with Gasteiger partial charge in [0.25, 0.3) is 5.91 Å². The Bertz CT molecular complexity index is 628. The predicted octanol–water partition coefficient (Wildman–Crippen LogP) is 2.36. The van der Waals surface area contributed by atoms with Gasteiger partial charge in [-0.05, 0) is 23.8 Å². The van der Waals surface area contributed by atoms with Crippen LogP contribution in [0.1, 0.15) is 11.1 Å². The predicted molar refractivity (Wildman–Crippen MR) is 80.7 cm³/mol. The lowest BCUT2D eigenvalue weighted by atomic mass is 10.2. The number of ether oxygens (including phenoxy) is 1. The molecule has 0 atom stereocenters. The number of nitrogens with zero attached hydrogens (tertiary/aromatic N) is 1. The Hall–Kier alpha value is -2.40. The van der Waals surface area contributed by atoms with Gasteiger partial charge in [-0.25, -0.2) is 4.39 Å². The standard InChI is InChI=1S/C17H18FNO3/c1-19(10-14-4-2-3-5-16(14)18)17(21)12-22-15-8-6-13(11-20)7-9-15/h2-9,20H,10-12H2,1H3. The molecule has 4 nitrogen and oxygen atoms in total. The van der Waals surface area contributed by atoms with Crippen molar-refractivity contribution in [2.45, 2.75) is 13.2 Å². The molecule has 2 aromatic carbocycles. The fourth-order valence-electron chi connectivity index (χ4n) is 1.92. The Morgan fingerprint density at radius 3 is 2.50 bits per heavy atom. The van der Waals surface area contributed by atoms with Gasteiger partial charge < -0.3 is 14.7 Å². The van der Waals surface area contributed by atoms with E-state index in [2.05, 4.69) is 0 Å². The van der Waals surface area contributed by atoms with E-state index in [4.69, 9.17) is 9.84 Å². The highest BCUT2D eigenvalue weighted by molar-refractivity contribution is 5.77. The fourth-order valence-corrected chi connectivity index (χ4v) is 1.92. The average molecular weight is 303 g/mol. The maximum atomic E-state index is 13.5. The van der Waals surface area contributed by atoms with Crippen molar-refractivity contribution in [1.29, 1.82) is 0 Å². The second kappa shape index (κ2) is 7.56. The Balaban J connectivity index is 1.87. The van der Waals surface area contributed by atoms with Crippen LogP contribution in [0.5, 0.6) is 5.75 Å². The molecule has 0 unspecified atom stereocenters. The first-order valence-corrected chi connectivity index (χ1v) is 6.90. The van der Waals surface area contributed by atoms with Gasteiger partial charge in [0.2, 0.25) is 0 Å². The van der Waals surface area contributed by atoms with Gasteiger partial charge in [-0.1, -0.05) is 30.3 Å². The van der Waals surface area contributed by atoms with Crippen LogP contribution in [0, 0.1) is 5.82 Å². The zero-order valence-corrected chi connectivity index (χ0v) is 12.3. The van der Waals surface area contributed by atoms with Crippen molar-refractivity contribution >= 4 is 5.91 Å². The van der Waals surface area contributed by atoms with E-state index in [-0.39, 0.29) is 31.5 Å². The highest BCUT2D eigenvalue weighted by Crippen LogP contribution is 2.13. The topological polar surface area (TPSA) is 49.8 Å².